The molecule has 2 heterocycles. The number of rotatable bonds is 4. The molecule has 2 aliphatic rings. The van der Waals surface area contributed by atoms with Gasteiger partial charge < -0.3 is 15.3 Å². The van der Waals surface area contributed by atoms with Gasteiger partial charge in [-0.3, -0.25) is 4.79 Å². The molecular weight excluding hydrogens is 252 g/mol. The van der Waals surface area contributed by atoms with E-state index < -0.39 is 0 Å². The molecule has 116 valence electrons. The van der Waals surface area contributed by atoms with Gasteiger partial charge in [0.2, 0.25) is 5.91 Å². The summed E-state index contributed by atoms with van der Waals surface area (Å²) in [6.45, 7) is 7.64. The first-order valence-corrected chi connectivity index (χ1v) is 8.27. The lowest BCUT2D eigenvalue weighted by Crippen LogP contribution is -2.51. The predicted octanol–water partition coefficient (Wildman–Crippen LogP) is 1.78. The van der Waals surface area contributed by atoms with E-state index in [0.717, 1.165) is 64.7 Å². The zero-order valence-corrected chi connectivity index (χ0v) is 13.0. The topological polar surface area (TPSA) is 52.6 Å². The monoisotopic (exact) mass is 282 g/mol. The highest BCUT2D eigenvalue weighted by Gasteiger charge is 2.42. The number of amides is 1. The SMILES string of the molecule is CCCC1(C(=O)N2CCC(C(C)O)CC2)CCNCC1. The van der Waals surface area contributed by atoms with Crippen LogP contribution >= 0.6 is 0 Å². The van der Waals surface area contributed by atoms with E-state index in [-0.39, 0.29) is 11.5 Å². The fourth-order valence-electron chi connectivity index (χ4n) is 3.88. The molecule has 2 fully saturated rings. The molecule has 2 rings (SSSR count). The van der Waals surface area contributed by atoms with Crippen LogP contribution < -0.4 is 5.32 Å². The number of likely N-dealkylation sites (tertiary alicyclic amines) is 1. The summed E-state index contributed by atoms with van der Waals surface area (Å²) in [6, 6.07) is 0. The average molecular weight is 282 g/mol. The Morgan fingerprint density at radius 2 is 1.95 bits per heavy atom. The molecule has 20 heavy (non-hydrogen) atoms. The normalized spacial score (nSPS) is 25.4. The highest BCUT2D eigenvalue weighted by molar-refractivity contribution is 5.83. The van der Waals surface area contributed by atoms with Gasteiger partial charge in [0, 0.05) is 13.1 Å². The molecule has 4 nitrogen and oxygen atoms in total. The van der Waals surface area contributed by atoms with Gasteiger partial charge in [0.15, 0.2) is 0 Å². The number of piperidine rings is 2. The third-order valence-electron chi connectivity index (χ3n) is 5.25. The summed E-state index contributed by atoms with van der Waals surface area (Å²) < 4.78 is 0. The summed E-state index contributed by atoms with van der Waals surface area (Å²) in [5.74, 6) is 0.749. The van der Waals surface area contributed by atoms with Gasteiger partial charge in [-0.25, -0.2) is 0 Å². The molecule has 0 aromatic carbocycles. The first kappa shape index (κ1) is 15.8. The largest absolute Gasteiger partial charge is 0.393 e. The van der Waals surface area contributed by atoms with Crippen molar-refractivity contribution < 1.29 is 9.90 Å². The first-order valence-electron chi connectivity index (χ1n) is 8.27. The van der Waals surface area contributed by atoms with Crippen molar-refractivity contribution in [3.05, 3.63) is 0 Å². The molecule has 0 aliphatic carbocycles. The highest BCUT2D eigenvalue weighted by Crippen LogP contribution is 2.37. The molecule has 0 aromatic rings. The minimum atomic E-state index is -0.240. The van der Waals surface area contributed by atoms with Crippen molar-refractivity contribution in [2.24, 2.45) is 11.3 Å². The van der Waals surface area contributed by atoms with Gasteiger partial charge in [0.1, 0.15) is 0 Å². The van der Waals surface area contributed by atoms with Crippen LogP contribution in [0.1, 0.15) is 52.4 Å². The smallest absolute Gasteiger partial charge is 0.228 e. The second-order valence-electron chi connectivity index (χ2n) is 6.65. The average Bonchev–Trinajstić information content (AvgIpc) is 2.48. The molecule has 0 aromatic heterocycles. The van der Waals surface area contributed by atoms with Crippen molar-refractivity contribution in [2.75, 3.05) is 26.2 Å². The molecule has 1 amide bonds. The zero-order valence-electron chi connectivity index (χ0n) is 13.0. The second kappa shape index (κ2) is 6.90. The standard InChI is InChI=1S/C16H30N2O2/c1-3-6-16(7-9-17-10-8-16)15(20)18-11-4-14(5-12-18)13(2)19/h13-14,17,19H,3-12H2,1-2H3. The maximum Gasteiger partial charge on any atom is 0.228 e. The van der Waals surface area contributed by atoms with Crippen LogP contribution in [0.15, 0.2) is 0 Å². The minimum absolute atomic E-state index is 0.113. The van der Waals surface area contributed by atoms with Crippen LogP contribution in [0.4, 0.5) is 0 Å². The Morgan fingerprint density at radius 3 is 2.45 bits per heavy atom. The second-order valence-corrected chi connectivity index (χ2v) is 6.65. The van der Waals surface area contributed by atoms with E-state index in [1.807, 2.05) is 6.92 Å². The molecule has 0 bridgehead atoms. The van der Waals surface area contributed by atoms with Gasteiger partial charge >= 0.3 is 0 Å². The molecule has 1 atom stereocenters. The van der Waals surface area contributed by atoms with Crippen molar-refractivity contribution in [3.8, 4) is 0 Å². The van der Waals surface area contributed by atoms with E-state index in [1.165, 1.54) is 0 Å². The van der Waals surface area contributed by atoms with Gasteiger partial charge in [0.25, 0.3) is 0 Å². The Kier molecular flexibility index (Phi) is 5.44. The van der Waals surface area contributed by atoms with Crippen LogP contribution in [-0.2, 0) is 4.79 Å². The zero-order chi connectivity index (χ0) is 14.6. The van der Waals surface area contributed by atoms with Gasteiger partial charge in [-0.15, -0.1) is 0 Å². The predicted molar refractivity (Wildman–Crippen MR) is 80.4 cm³/mol. The maximum atomic E-state index is 13.0. The molecule has 0 radical (unpaired) electrons. The lowest BCUT2D eigenvalue weighted by atomic mass is 9.73. The van der Waals surface area contributed by atoms with E-state index in [1.54, 1.807) is 0 Å². The quantitative estimate of drug-likeness (QED) is 0.826. The number of hydrogen-bond acceptors (Lipinski definition) is 3. The fourth-order valence-corrected chi connectivity index (χ4v) is 3.88. The summed E-state index contributed by atoms with van der Waals surface area (Å²) in [5.41, 5.74) is -0.113. The number of nitrogens with zero attached hydrogens (tertiary/aromatic N) is 1. The van der Waals surface area contributed by atoms with Gasteiger partial charge in [-0.05, 0) is 58.0 Å². The summed E-state index contributed by atoms with van der Waals surface area (Å²) in [7, 11) is 0. The van der Waals surface area contributed by atoms with Gasteiger partial charge in [-0.1, -0.05) is 13.3 Å². The van der Waals surface area contributed by atoms with Crippen molar-refractivity contribution in [1.29, 1.82) is 0 Å². The van der Waals surface area contributed by atoms with E-state index in [9.17, 15) is 9.90 Å². The molecule has 2 aliphatic heterocycles. The fraction of sp³-hybridized carbons (Fsp3) is 0.938. The van der Waals surface area contributed by atoms with Crippen LogP contribution in [0.5, 0.6) is 0 Å². The van der Waals surface area contributed by atoms with Crippen LogP contribution in [0.25, 0.3) is 0 Å². The van der Waals surface area contributed by atoms with E-state index in [0.29, 0.717) is 11.8 Å². The van der Waals surface area contributed by atoms with E-state index in [2.05, 4.69) is 17.1 Å². The van der Waals surface area contributed by atoms with Crippen LogP contribution in [0.2, 0.25) is 0 Å². The number of nitrogens with one attached hydrogen (secondary N) is 1. The Balaban J connectivity index is 1.98. The lowest BCUT2D eigenvalue weighted by Gasteiger charge is -2.42. The minimum Gasteiger partial charge on any atom is -0.393 e. The molecule has 0 saturated carbocycles. The van der Waals surface area contributed by atoms with E-state index in [4.69, 9.17) is 0 Å². The summed E-state index contributed by atoms with van der Waals surface area (Å²) in [4.78, 5) is 15.0. The molecule has 2 saturated heterocycles. The third-order valence-corrected chi connectivity index (χ3v) is 5.25. The molecule has 4 heteroatoms. The lowest BCUT2D eigenvalue weighted by molar-refractivity contribution is -0.146. The Morgan fingerprint density at radius 1 is 1.35 bits per heavy atom. The van der Waals surface area contributed by atoms with E-state index >= 15 is 0 Å². The molecule has 2 N–H and O–H groups in total. The Hall–Kier alpha value is -0.610. The third kappa shape index (κ3) is 3.34. The Labute approximate surface area is 122 Å². The van der Waals surface area contributed by atoms with Crippen LogP contribution in [0, 0.1) is 11.3 Å². The molecular formula is C16H30N2O2. The van der Waals surface area contributed by atoms with Crippen molar-refractivity contribution in [2.45, 2.75) is 58.5 Å². The maximum absolute atomic E-state index is 13.0. The summed E-state index contributed by atoms with van der Waals surface area (Å²) in [5, 5.41) is 13.0. The number of aliphatic hydroxyl groups is 1. The van der Waals surface area contributed by atoms with Crippen molar-refractivity contribution >= 4 is 5.91 Å². The van der Waals surface area contributed by atoms with Crippen LogP contribution in [0.3, 0.4) is 0 Å². The van der Waals surface area contributed by atoms with Gasteiger partial charge in [-0.2, -0.15) is 0 Å². The summed E-state index contributed by atoms with van der Waals surface area (Å²) in [6.07, 6.45) is 5.72. The highest BCUT2D eigenvalue weighted by atomic mass is 16.3. The van der Waals surface area contributed by atoms with Crippen LogP contribution in [-0.4, -0.2) is 48.2 Å². The first-order chi connectivity index (χ1) is 9.59. The van der Waals surface area contributed by atoms with Crippen molar-refractivity contribution in [3.63, 3.8) is 0 Å². The molecule has 0 spiro atoms. The number of hydrogen-bond donors (Lipinski definition) is 2. The van der Waals surface area contributed by atoms with Gasteiger partial charge in [0.05, 0.1) is 11.5 Å². The van der Waals surface area contributed by atoms with Crippen molar-refractivity contribution in [1.82, 2.24) is 10.2 Å². The number of carbonyl (C=O) groups is 1. The summed E-state index contributed by atoms with van der Waals surface area (Å²) >= 11 is 0. The molecule has 1 unspecified atom stereocenters. The number of carbonyl (C=O) groups excluding carboxylic acids is 1. The Bertz CT molecular complexity index is 311. The number of aliphatic hydroxyl groups excluding tert-OH is 1.